The lowest BCUT2D eigenvalue weighted by molar-refractivity contribution is -0.137. The first kappa shape index (κ1) is 27.1. The third-order valence-corrected chi connectivity index (χ3v) is 7.31. The molecule has 1 aliphatic rings. The lowest BCUT2D eigenvalue weighted by Crippen LogP contribution is -2.27. The molecule has 198 valence electrons. The van der Waals surface area contributed by atoms with Crippen LogP contribution in [0.1, 0.15) is 51.6 Å². The standard InChI is InChI=1S/C22H24ClF3N8O2S/c1-11(32-19(35)15-5-18(31-10-30-15)34-3-2-12(6-27)9-34)21-29-8-16(37-21)20(36)33-17-4-13(22(24,25)26)14(23)7-28-17/h4-5,7-8,10-12,19,32,35H,2-3,6,9,27H2,1H3,(H,28,33,36)/t11?,12-,19?/m1/s1. The monoisotopic (exact) mass is 556 g/mol. The Bertz CT molecular complexity index is 1260. The van der Waals surface area contributed by atoms with Gasteiger partial charge in [-0.2, -0.15) is 13.2 Å². The molecule has 4 rings (SSSR count). The van der Waals surface area contributed by atoms with Crippen LogP contribution < -0.4 is 21.3 Å². The van der Waals surface area contributed by atoms with E-state index in [0.29, 0.717) is 35.0 Å². The van der Waals surface area contributed by atoms with E-state index in [4.69, 9.17) is 17.3 Å². The lowest BCUT2D eigenvalue weighted by Gasteiger charge is -2.20. The Kier molecular flexibility index (Phi) is 8.23. The van der Waals surface area contributed by atoms with E-state index in [0.717, 1.165) is 37.0 Å². The van der Waals surface area contributed by atoms with Crippen molar-refractivity contribution in [2.45, 2.75) is 31.8 Å². The normalized spacial score (nSPS) is 17.6. The number of hydrogen-bond acceptors (Lipinski definition) is 10. The molecule has 1 fully saturated rings. The Morgan fingerprint density at radius 2 is 2.08 bits per heavy atom. The third-order valence-electron chi connectivity index (χ3n) is 5.83. The summed E-state index contributed by atoms with van der Waals surface area (Å²) >= 11 is 6.59. The number of amides is 1. The number of pyridine rings is 1. The van der Waals surface area contributed by atoms with E-state index in [1.54, 1.807) is 13.0 Å². The van der Waals surface area contributed by atoms with Gasteiger partial charge in [0.25, 0.3) is 5.91 Å². The van der Waals surface area contributed by atoms with Gasteiger partial charge in [-0.3, -0.25) is 10.1 Å². The number of nitrogens with zero attached hydrogens (tertiary/aromatic N) is 5. The average molecular weight is 557 g/mol. The molecule has 0 bridgehead atoms. The second kappa shape index (κ2) is 11.2. The molecule has 1 aliphatic heterocycles. The van der Waals surface area contributed by atoms with Crippen LogP contribution in [0.2, 0.25) is 5.02 Å². The number of aromatic nitrogens is 4. The zero-order valence-electron chi connectivity index (χ0n) is 19.5. The van der Waals surface area contributed by atoms with E-state index in [1.165, 1.54) is 12.5 Å². The molecule has 3 atom stereocenters. The van der Waals surface area contributed by atoms with Crippen LogP contribution in [0.15, 0.2) is 30.9 Å². The summed E-state index contributed by atoms with van der Waals surface area (Å²) in [6, 6.07) is 1.90. The number of carbonyl (C=O) groups excluding carboxylic acids is 1. The summed E-state index contributed by atoms with van der Waals surface area (Å²) in [6.07, 6.45) is -1.34. The number of hydrogen-bond donors (Lipinski definition) is 4. The van der Waals surface area contributed by atoms with Crippen LogP contribution in [0.5, 0.6) is 0 Å². The van der Waals surface area contributed by atoms with Crippen LogP contribution >= 0.6 is 22.9 Å². The number of rotatable bonds is 8. The van der Waals surface area contributed by atoms with Gasteiger partial charge in [-0.15, -0.1) is 11.3 Å². The van der Waals surface area contributed by atoms with Gasteiger partial charge in [0.15, 0.2) is 0 Å². The Morgan fingerprint density at radius 3 is 2.78 bits per heavy atom. The van der Waals surface area contributed by atoms with Crippen molar-refractivity contribution in [3.63, 3.8) is 0 Å². The number of nitrogens with two attached hydrogens (primary N) is 1. The zero-order valence-corrected chi connectivity index (χ0v) is 21.1. The molecule has 3 aromatic rings. The summed E-state index contributed by atoms with van der Waals surface area (Å²) < 4.78 is 39.2. The Balaban J connectivity index is 1.39. The first-order valence-corrected chi connectivity index (χ1v) is 12.5. The highest BCUT2D eigenvalue weighted by Crippen LogP contribution is 2.35. The molecule has 1 saturated heterocycles. The number of carbonyl (C=O) groups is 1. The molecular weight excluding hydrogens is 533 g/mol. The Morgan fingerprint density at radius 1 is 1.30 bits per heavy atom. The van der Waals surface area contributed by atoms with Crippen molar-refractivity contribution < 1.29 is 23.1 Å². The van der Waals surface area contributed by atoms with Gasteiger partial charge in [-0.25, -0.2) is 19.9 Å². The van der Waals surface area contributed by atoms with Gasteiger partial charge in [0.2, 0.25) is 0 Å². The lowest BCUT2D eigenvalue weighted by atomic mass is 10.1. The van der Waals surface area contributed by atoms with E-state index in [-0.39, 0.29) is 10.7 Å². The van der Waals surface area contributed by atoms with Crippen molar-refractivity contribution in [2.75, 3.05) is 29.9 Å². The molecule has 37 heavy (non-hydrogen) atoms. The number of thiazole rings is 1. The molecule has 15 heteroatoms. The van der Waals surface area contributed by atoms with E-state index < -0.39 is 34.9 Å². The van der Waals surface area contributed by atoms with E-state index in [9.17, 15) is 23.1 Å². The van der Waals surface area contributed by atoms with Crippen molar-refractivity contribution in [1.82, 2.24) is 25.3 Å². The average Bonchev–Trinajstić information content (AvgIpc) is 3.55. The molecule has 0 aromatic carbocycles. The van der Waals surface area contributed by atoms with Gasteiger partial charge < -0.3 is 21.1 Å². The van der Waals surface area contributed by atoms with Crippen molar-refractivity contribution in [3.05, 3.63) is 57.0 Å². The topological polar surface area (TPSA) is 142 Å². The fourth-order valence-electron chi connectivity index (χ4n) is 3.81. The summed E-state index contributed by atoms with van der Waals surface area (Å²) in [7, 11) is 0. The maximum atomic E-state index is 13.1. The molecule has 5 N–H and O–H groups in total. The van der Waals surface area contributed by atoms with Crippen molar-refractivity contribution in [1.29, 1.82) is 0 Å². The maximum absolute atomic E-state index is 13.1. The molecule has 1 amide bonds. The van der Waals surface area contributed by atoms with Crippen molar-refractivity contribution in [3.8, 4) is 0 Å². The molecule has 0 saturated carbocycles. The minimum Gasteiger partial charge on any atom is -0.373 e. The summed E-state index contributed by atoms with van der Waals surface area (Å²) in [5.41, 5.74) is 5.03. The predicted molar refractivity (Wildman–Crippen MR) is 132 cm³/mol. The zero-order chi connectivity index (χ0) is 26.7. The van der Waals surface area contributed by atoms with E-state index in [2.05, 4.69) is 35.5 Å². The highest BCUT2D eigenvalue weighted by Gasteiger charge is 2.34. The SMILES string of the molecule is CC(NC(O)c1cc(N2CC[C@H](CN)C2)ncn1)c1ncc(C(=O)Nc2cc(C(F)(F)F)c(Cl)cn2)s1. The minimum atomic E-state index is -4.69. The second-order valence-corrected chi connectivity index (χ2v) is 9.96. The summed E-state index contributed by atoms with van der Waals surface area (Å²) in [4.78, 5) is 31.2. The maximum Gasteiger partial charge on any atom is 0.418 e. The van der Waals surface area contributed by atoms with Crippen LogP contribution in [0.4, 0.5) is 24.8 Å². The smallest absolute Gasteiger partial charge is 0.373 e. The van der Waals surface area contributed by atoms with Gasteiger partial charge in [0, 0.05) is 25.4 Å². The highest BCUT2D eigenvalue weighted by molar-refractivity contribution is 7.13. The van der Waals surface area contributed by atoms with Crippen LogP contribution in [0.25, 0.3) is 0 Å². The van der Waals surface area contributed by atoms with Gasteiger partial charge in [0.1, 0.15) is 34.1 Å². The highest BCUT2D eigenvalue weighted by atomic mass is 35.5. The van der Waals surface area contributed by atoms with Crippen molar-refractivity contribution >= 4 is 40.5 Å². The predicted octanol–water partition coefficient (Wildman–Crippen LogP) is 3.38. The fraction of sp³-hybridized carbons (Fsp3) is 0.409. The second-order valence-electron chi connectivity index (χ2n) is 8.49. The largest absolute Gasteiger partial charge is 0.418 e. The van der Waals surface area contributed by atoms with Crippen LogP contribution in [0, 0.1) is 5.92 Å². The fourth-order valence-corrected chi connectivity index (χ4v) is 4.84. The summed E-state index contributed by atoms with van der Waals surface area (Å²) in [5, 5.41) is 15.9. The van der Waals surface area contributed by atoms with Crippen LogP contribution in [-0.4, -0.2) is 50.6 Å². The first-order chi connectivity index (χ1) is 17.5. The molecule has 3 aromatic heterocycles. The first-order valence-electron chi connectivity index (χ1n) is 11.3. The summed E-state index contributed by atoms with van der Waals surface area (Å²) in [5.74, 6) is 0.127. The molecular formula is C22H24ClF3N8O2S. The van der Waals surface area contributed by atoms with Gasteiger partial charge in [0.05, 0.1) is 28.5 Å². The molecule has 2 unspecified atom stereocenters. The Hall–Kier alpha value is -2.91. The number of aliphatic hydroxyl groups is 1. The Labute approximate surface area is 219 Å². The van der Waals surface area contributed by atoms with E-state index in [1.807, 2.05) is 0 Å². The van der Waals surface area contributed by atoms with Crippen molar-refractivity contribution in [2.24, 2.45) is 11.7 Å². The molecule has 0 spiro atoms. The number of halogens is 4. The number of aliphatic hydroxyl groups excluding tert-OH is 1. The van der Waals surface area contributed by atoms with Crippen LogP contribution in [0.3, 0.4) is 0 Å². The van der Waals surface area contributed by atoms with Crippen LogP contribution in [-0.2, 0) is 6.18 Å². The molecule has 10 nitrogen and oxygen atoms in total. The minimum absolute atomic E-state index is 0.149. The molecule has 0 radical (unpaired) electrons. The quantitative estimate of drug-likeness (QED) is 0.307. The van der Waals surface area contributed by atoms with Gasteiger partial charge in [-0.05, 0) is 31.9 Å². The van der Waals surface area contributed by atoms with Gasteiger partial charge >= 0.3 is 6.18 Å². The number of nitrogens with one attached hydrogen (secondary N) is 2. The summed E-state index contributed by atoms with van der Waals surface area (Å²) in [6.45, 7) is 3.97. The molecule has 0 aliphatic carbocycles. The number of anilines is 2. The third kappa shape index (κ3) is 6.51. The molecule has 4 heterocycles. The van der Waals surface area contributed by atoms with Gasteiger partial charge in [-0.1, -0.05) is 11.6 Å². The van der Waals surface area contributed by atoms with E-state index >= 15 is 0 Å². The number of alkyl halides is 3.